The summed E-state index contributed by atoms with van der Waals surface area (Å²) in [4.78, 5) is 0. The molecular formula is C49H33N. The van der Waals surface area contributed by atoms with Gasteiger partial charge in [0.15, 0.2) is 0 Å². The second-order valence-electron chi connectivity index (χ2n) is 14.5. The zero-order chi connectivity index (χ0) is 33.1. The predicted molar refractivity (Wildman–Crippen MR) is 211 cm³/mol. The van der Waals surface area contributed by atoms with Crippen molar-refractivity contribution < 1.29 is 0 Å². The van der Waals surface area contributed by atoms with Crippen molar-refractivity contribution >= 4 is 32.6 Å². The van der Waals surface area contributed by atoms with E-state index in [9.17, 15) is 0 Å². The van der Waals surface area contributed by atoms with E-state index in [4.69, 9.17) is 0 Å². The fourth-order valence-electron chi connectivity index (χ4n) is 9.17. The lowest BCUT2D eigenvalue weighted by Gasteiger charge is -2.21. The Morgan fingerprint density at radius 3 is 1.84 bits per heavy atom. The quantitative estimate of drug-likeness (QED) is 0.182. The van der Waals surface area contributed by atoms with E-state index >= 15 is 0 Å². The normalized spacial score (nSPS) is 13.6. The molecular weight excluding hydrogens is 603 g/mol. The summed E-state index contributed by atoms with van der Waals surface area (Å²) in [5.74, 6) is 0. The number of rotatable bonds is 3. The molecule has 0 saturated carbocycles. The van der Waals surface area contributed by atoms with E-state index in [1.807, 2.05) is 0 Å². The molecule has 1 aromatic heterocycles. The molecule has 0 saturated heterocycles. The first kappa shape index (κ1) is 27.7. The van der Waals surface area contributed by atoms with E-state index in [2.05, 4.69) is 182 Å². The minimum atomic E-state index is -0.0604. The summed E-state index contributed by atoms with van der Waals surface area (Å²) in [5, 5.41) is 5.25. The van der Waals surface area contributed by atoms with E-state index in [-0.39, 0.29) is 5.41 Å². The van der Waals surface area contributed by atoms with Gasteiger partial charge >= 0.3 is 0 Å². The van der Waals surface area contributed by atoms with Crippen molar-refractivity contribution in [3.8, 4) is 61.3 Å². The summed E-state index contributed by atoms with van der Waals surface area (Å²) < 4.78 is 2.45. The van der Waals surface area contributed by atoms with Gasteiger partial charge in [0, 0.05) is 21.9 Å². The Morgan fingerprint density at radius 2 is 1.00 bits per heavy atom. The minimum absolute atomic E-state index is 0.0604. The van der Waals surface area contributed by atoms with Crippen LogP contribution in [-0.4, -0.2) is 4.57 Å². The molecule has 0 atom stereocenters. The SMILES string of the molecule is CC1(C)c2ccccc2-c2cc3c4cc(-c5cccc(-c6ccc7c8c(cccc68)-c6ccccc6-7)c5)ccc4n(-c4ccccc4)c3cc21. The maximum atomic E-state index is 2.46. The van der Waals surface area contributed by atoms with Gasteiger partial charge in [0.1, 0.15) is 0 Å². The average Bonchev–Trinajstić information content (AvgIpc) is 3.75. The third kappa shape index (κ3) is 3.67. The molecule has 234 valence electrons. The molecule has 11 rings (SSSR count). The van der Waals surface area contributed by atoms with E-state index in [1.54, 1.807) is 0 Å². The van der Waals surface area contributed by atoms with Crippen molar-refractivity contribution in [1.29, 1.82) is 0 Å². The summed E-state index contributed by atoms with van der Waals surface area (Å²) in [6.45, 7) is 4.73. The number of fused-ring (bicyclic) bond motifs is 9. The summed E-state index contributed by atoms with van der Waals surface area (Å²) in [6, 6.07) is 61.1. The van der Waals surface area contributed by atoms with Crippen molar-refractivity contribution in [2.24, 2.45) is 0 Å². The fourth-order valence-corrected chi connectivity index (χ4v) is 9.17. The molecule has 0 bridgehead atoms. The van der Waals surface area contributed by atoms with Gasteiger partial charge in [0.05, 0.1) is 11.0 Å². The van der Waals surface area contributed by atoms with Gasteiger partial charge in [0.25, 0.3) is 0 Å². The molecule has 0 N–H and O–H groups in total. The maximum Gasteiger partial charge on any atom is 0.0544 e. The predicted octanol–water partition coefficient (Wildman–Crippen LogP) is 13.2. The molecule has 8 aromatic carbocycles. The van der Waals surface area contributed by atoms with E-state index in [0.29, 0.717) is 0 Å². The van der Waals surface area contributed by atoms with Crippen LogP contribution in [0.25, 0.3) is 93.9 Å². The van der Waals surface area contributed by atoms with Crippen LogP contribution >= 0.6 is 0 Å². The van der Waals surface area contributed by atoms with Crippen LogP contribution in [-0.2, 0) is 5.41 Å². The topological polar surface area (TPSA) is 4.93 Å². The molecule has 1 heterocycles. The molecule has 0 unspecified atom stereocenters. The van der Waals surface area contributed by atoms with Crippen LogP contribution in [0.2, 0.25) is 0 Å². The van der Waals surface area contributed by atoms with Gasteiger partial charge in [-0.1, -0.05) is 135 Å². The Balaban J connectivity index is 1.11. The van der Waals surface area contributed by atoms with Gasteiger partial charge in [0.2, 0.25) is 0 Å². The lowest BCUT2D eigenvalue weighted by Crippen LogP contribution is -2.14. The van der Waals surface area contributed by atoms with Crippen molar-refractivity contribution in [2.75, 3.05) is 0 Å². The van der Waals surface area contributed by atoms with Crippen LogP contribution in [0.4, 0.5) is 0 Å². The van der Waals surface area contributed by atoms with Gasteiger partial charge in [-0.3, -0.25) is 0 Å². The minimum Gasteiger partial charge on any atom is -0.309 e. The Hall–Kier alpha value is -6.18. The highest BCUT2D eigenvalue weighted by Gasteiger charge is 2.36. The molecule has 1 nitrogen and oxygen atoms in total. The molecule has 0 aliphatic heterocycles. The van der Waals surface area contributed by atoms with E-state index in [0.717, 1.165) is 0 Å². The molecule has 0 amide bonds. The number of para-hydroxylation sites is 1. The first-order valence-corrected chi connectivity index (χ1v) is 17.6. The zero-order valence-corrected chi connectivity index (χ0v) is 28.0. The van der Waals surface area contributed by atoms with Gasteiger partial charge in [-0.25, -0.2) is 0 Å². The largest absolute Gasteiger partial charge is 0.309 e. The summed E-state index contributed by atoms with van der Waals surface area (Å²) in [6.07, 6.45) is 0. The molecule has 2 aliphatic carbocycles. The smallest absolute Gasteiger partial charge is 0.0544 e. The molecule has 2 aliphatic rings. The first-order chi connectivity index (χ1) is 24.6. The van der Waals surface area contributed by atoms with E-state index in [1.165, 1.54) is 105 Å². The van der Waals surface area contributed by atoms with Gasteiger partial charge < -0.3 is 4.57 Å². The van der Waals surface area contributed by atoms with Crippen LogP contribution < -0.4 is 0 Å². The highest BCUT2D eigenvalue weighted by molar-refractivity contribution is 6.19. The van der Waals surface area contributed by atoms with Crippen molar-refractivity contribution in [3.05, 3.63) is 175 Å². The molecule has 0 spiro atoms. The lowest BCUT2D eigenvalue weighted by molar-refractivity contribution is 0.661. The summed E-state index contributed by atoms with van der Waals surface area (Å²) >= 11 is 0. The van der Waals surface area contributed by atoms with Crippen LogP contribution in [0, 0.1) is 0 Å². The van der Waals surface area contributed by atoms with Crippen LogP contribution in [0.5, 0.6) is 0 Å². The number of nitrogens with zero attached hydrogens (tertiary/aromatic N) is 1. The average molecular weight is 636 g/mol. The second-order valence-corrected chi connectivity index (χ2v) is 14.5. The molecule has 9 aromatic rings. The molecule has 0 radical (unpaired) electrons. The fraction of sp³-hybridized carbons (Fsp3) is 0.0612. The third-order valence-corrected chi connectivity index (χ3v) is 11.5. The first-order valence-electron chi connectivity index (χ1n) is 17.6. The second kappa shape index (κ2) is 9.94. The highest BCUT2D eigenvalue weighted by atomic mass is 15.0. The number of benzene rings is 8. The van der Waals surface area contributed by atoms with Gasteiger partial charge in [-0.2, -0.15) is 0 Å². The monoisotopic (exact) mass is 635 g/mol. The summed E-state index contributed by atoms with van der Waals surface area (Å²) in [5.41, 5.74) is 19.4. The van der Waals surface area contributed by atoms with Crippen LogP contribution in [0.3, 0.4) is 0 Å². The third-order valence-electron chi connectivity index (χ3n) is 11.5. The number of hydrogen-bond donors (Lipinski definition) is 0. The molecule has 50 heavy (non-hydrogen) atoms. The van der Waals surface area contributed by atoms with Crippen molar-refractivity contribution in [1.82, 2.24) is 4.57 Å². The molecule has 1 heteroatoms. The Bertz CT molecular complexity index is 2850. The number of aromatic nitrogens is 1. The highest BCUT2D eigenvalue weighted by Crippen LogP contribution is 2.52. The Labute approximate surface area is 291 Å². The van der Waals surface area contributed by atoms with Crippen molar-refractivity contribution in [3.63, 3.8) is 0 Å². The Kier molecular flexibility index (Phi) is 5.51. The zero-order valence-electron chi connectivity index (χ0n) is 28.0. The Morgan fingerprint density at radius 1 is 0.360 bits per heavy atom. The molecule has 0 fully saturated rings. The lowest BCUT2D eigenvalue weighted by atomic mass is 9.82. The number of hydrogen-bond acceptors (Lipinski definition) is 0. The maximum absolute atomic E-state index is 2.46. The summed E-state index contributed by atoms with van der Waals surface area (Å²) in [7, 11) is 0. The van der Waals surface area contributed by atoms with Crippen molar-refractivity contribution in [2.45, 2.75) is 19.3 Å². The van der Waals surface area contributed by atoms with Crippen LogP contribution in [0.15, 0.2) is 164 Å². The van der Waals surface area contributed by atoms with Gasteiger partial charge in [-0.15, -0.1) is 0 Å². The standard InChI is InChI=1S/C49H33N/c1-49(2)44-21-9-8-18-37(44)41-28-43-42-27-31(22-25-46(42)50(47(43)29-45(41)49)33-14-4-3-5-15-33)30-12-10-13-32(26-30)34-23-24-40-36-17-7-6-16-35(36)39-20-11-19-38(34)48(39)40/h3-29H,1-2H3. The van der Waals surface area contributed by atoms with E-state index < -0.39 is 0 Å². The van der Waals surface area contributed by atoms with Gasteiger partial charge in [-0.05, 0) is 120 Å². The van der Waals surface area contributed by atoms with Crippen LogP contribution in [0.1, 0.15) is 25.0 Å².